The second-order valence-electron chi connectivity index (χ2n) is 8.83. The molecule has 2 amide bonds. The van der Waals surface area contributed by atoms with Crippen LogP contribution in [0.1, 0.15) is 5.56 Å². The maximum atomic E-state index is 13.6. The van der Waals surface area contributed by atoms with Crippen LogP contribution in [0.4, 0.5) is 26.2 Å². The van der Waals surface area contributed by atoms with Gasteiger partial charge in [-0.3, -0.25) is 4.79 Å². The lowest BCUT2D eigenvalue weighted by atomic mass is 10.2. The third kappa shape index (κ3) is 5.63. The van der Waals surface area contributed by atoms with Crippen molar-refractivity contribution in [2.75, 3.05) is 41.7 Å². The maximum absolute atomic E-state index is 13.6. The minimum absolute atomic E-state index is 0.0547. The standard InChI is InChI=1S/C28H26ClFN6O2/c29-23-17-21(11-12-24(23)30)33-28(38)35-15-13-34(14-16-35)25-19-32-36(22-9-5-2-6-10-22)27(37)26(25)31-18-20-7-3-1-4-8-20/h1-12,17,19,31H,13-16,18H2,(H,33,38). The van der Waals surface area contributed by atoms with E-state index in [1.807, 2.05) is 60.7 Å². The summed E-state index contributed by atoms with van der Waals surface area (Å²) in [6, 6.07) is 22.9. The number of hydrogen-bond donors (Lipinski definition) is 2. The Morgan fingerprint density at radius 2 is 1.63 bits per heavy atom. The summed E-state index contributed by atoms with van der Waals surface area (Å²) in [7, 11) is 0. The first kappa shape index (κ1) is 25.3. The summed E-state index contributed by atoms with van der Waals surface area (Å²) in [5, 5.41) is 10.5. The predicted molar refractivity (Wildman–Crippen MR) is 148 cm³/mol. The minimum atomic E-state index is -0.544. The molecule has 5 rings (SSSR count). The first-order valence-corrected chi connectivity index (χ1v) is 12.6. The van der Waals surface area contributed by atoms with E-state index in [0.29, 0.717) is 55.5 Å². The Labute approximate surface area is 224 Å². The number of rotatable bonds is 6. The largest absolute Gasteiger partial charge is 0.375 e. The van der Waals surface area contributed by atoms with Gasteiger partial charge < -0.3 is 20.4 Å². The summed E-state index contributed by atoms with van der Waals surface area (Å²) in [5.74, 6) is -0.544. The van der Waals surface area contributed by atoms with Gasteiger partial charge in [-0.05, 0) is 35.9 Å². The maximum Gasteiger partial charge on any atom is 0.321 e. The summed E-state index contributed by atoms with van der Waals surface area (Å²) >= 11 is 5.83. The normalized spacial score (nSPS) is 13.3. The van der Waals surface area contributed by atoms with E-state index in [-0.39, 0.29) is 16.6 Å². The van der Waals surface area contributed by atoms with Crippen molar-refractivity contribution >= 4 is 34.7 Å². The number of nitrogens with zero attached hydrogens (tertiary/aromatic N) is 4. The van der Waals surface area contributed by atoms with Gasteiger partial charge in [0.15, 0.2) is 0 Å². The Morgan fingerprint density at radius 3 is 2.32 bits per heavy atom. The van der Waals surface area contributed by atoms with Crippen LogP contribution in [0.5, 0.6) is 0 Å². The van der Waals surface area contributed by atoms with Crippen LogP contribution in [-0.2, 0) is 6.54 Å². The quantitative estimate of drug-likeness (QED) is 0.365. The van der Waals surface area contributed by atoms with Crippen molar-refractivity contribution in [3.8, 4) is 5.69 Å². The first-order chi connectivity index (χ1) is 18.5. The van der Waals surface area contributed by atoms with Crippen LogP contribution in [0.25, 0.3) is 5.69 Å². The van der Waals surface area contributed by atoms with Crippen molar-refractivity contribution in [3.05, 3.63) is 112 Å². The summed E-state index contributed by atoms with van der Waals surface area (Å²) in [6.07, 6.45) is 1.69. The molecule has 0 aliphatic carbocycles. The number of amides is 2. The summed E-state index contributed by atoms with van der Waals surface area (Å²) in [4.78, 5) is 30.1. The van der Waals surface area contributed by atoms with Crippen LogP contribution >= 0.6 is 11.6 Å². The number of aromatic nitrogens is 2. The summed E-state index contributed by atoms with van der Waals surface area (Å²) in [5.41, 5.74) is 3.02. The Hall–Kier alpha value is -4.37. The molecule has 0 saturated carbocycles. The molecule has 0 atom stereocenters. The Bertz CT molecular complexity index is 1470. The molecule has 1 aliphatic rings. The lowest BCUT2D eigenvalue weighted by Gasteiger charge is -2.36. The lowest BCUT2D eigenvalue weighted by molar-refractivity contribution is 0.208. The average Bonchev–Trinajstić information content (AvgIpc) is 2.95. The van der Waals surface area contributed by atoms with Crippen molar-refractivity contribution in [1.82, 2.24) is 14.7 Å². The number of para-hydroxylation sites is 1. The van der Waals surface area contributed by atoms with Crippen molar-refractivity contribution in [1.29, 1.82) is 0 Å². The summed E-state index contributed by atoms with van der Waals surface area (Å²) < 4.78 is 14.8. The lowest BCUT2D eigenvalue weighted by Crippen LogP contribution is -2.50. The molecule has 10 heteroatoms. The molecule has 0 spiro atoms. The number of anilines is 3. The molecule has 1 aliphatic heterocycles. The zero-order valence-corrected chi connectivity index (χ0v) is 21.2. The van der Waals surface area contributed by atoms with Gasteiger partial charge in [0.1, 0.15) is 11.5 Å². The molecule has 4 aromatic rings. The van der Waals surface area contributed by atoms with Crippen LogP contribution in [0.15, 0.2) is 89.9 Å². The highest BCUT2D eigenvalue weighted by molar-refractivity contribution is 6.31. The van der Waals surface area contributed by atoms with Gasteiger partial charge in [0.2, 0.25) is 0 Å². The van der Waals surface area contributed by atoms with Gasteiger partial charge in [0, 0.05) is 38.4 Å². The molecule has 0 bridgehead atoms. The monoisotopic (exact) mass is 532 g/mol. The van der Waals surface area contributed by atoms with Crippen LogP contribution in [0, 0.1) is 5.82 Å². The third-order valence-electron chi connectivity index (χ3n) is 6.35. The third-order valence-corrected chi connectivity index (χ3v) is 6.64. The number of nitrogens with one attached hydrogen (secondary N) is 2. The van der Waals surface area contributed by atoms with Gasteiger partial charge >= 0.3 is 6.03 Å². The molecule has 8 nitrogen and oxygen atoms in total. The number of benzene rings is 3. The van der Waals surface area contributed by atoms with Crippen LogP contribution in [-0.4, -0.2) is 46.9 Å². The molecule has 3 aromatic carbocycles. The van der Waals surface area contributed by atoms with Gasteiger partial charge in [-0.2, -0.15) is 9.78 Å². The van der Waals surface area contributed by atoms with E-state index in [9.17, 15) is 14.0 Å². The van der Waals surface area contributed by atoms with E-state index >= 15 is 0 Å². The van der Waals surface area contributed by atoms with Crippen LogP contribution < -0.4 is 21.1 Å². The van der Waals surface area contributed by atoms with E-state index < -0.39 is 5.82 Å². The molecule has 38 heavy (non-hydrogen) atoms. The molecule has 1 aromatic heterocycles. The van der Waals surface area contributed by atoms with E-state index in [4.69, 9.17) is 11.6 Å². The first-order valence-electron chi connectivity index (χ1n) is 12.2. The molecule has 1 fully saturated rings. The Balaban J connectivity index is 1.34. The fourth-order valence-corrected chi connectivity index (χ4v) is 4.50. The highest BCUT2D eigenvalue weighted by Crippen LogP contribution is 2.25. The second-order valence-corrected chi connectivity index (χ2v) is 9.24. The van der Waals surface area contributed by atoms with Gasteiger partial charge in [-0.15, -0.1) is 0 Å². The molecular formula is C28H26ClFN6O2. The highest BCUT2D eigenvalue weighted by atomic mass is 35.5. The SMILES string of the molecule is O=C(Nc1ccc(F)c(Cl)c1)N1CCN(c2cnn(-c3ccccc3)c(=O)c2NCc2ccccc2)CC1. The van der Waals surface area contributed by atoms with E-state index in [1.165, 1.54) is 22.9 Å². The van der Waals surface area contributed by atoms with Crippen LogP contribution in [0.3, 0.4) is 0 Å². The molecule has 1 saturated heterocycles. The van der Waals surface area contributed by atoms with Crippen molar-refractivity contribution in [2.24, 2.45) is 0 Å². The Morgan fingerprint density at radius 1 is 0.947 bits per heavy atom. The second kappa shape index (κ2) is 11.4. The number of carbonyl (C=O) groups is 1. The fraction of sp³-hybridized carbons (Fsp3) is 0.179. The zero-order valence-electron chi connectivity index (χ0n) is 20.5. The molecule has 194 valence electrons. The number of carbonyl (C=O) groups excluding carboxylic acids is 1. The fourth-order valence-electron chi connectivity index (χ4n) is 4.32. The summed E-state index contributed by atoms with van der Waals surface area (Å²) in [6.45, 7) is 2.36. The van der Waals surface area contributed by atoms with Crippen LogP contribution in [0.2, 0.25) is 5.02 Å². The average molecular weight is 533 g/mol. The Kier molecular flexibility index (Phi) is 7.55. The van der Waals surface area contributed by atoms with Gasteiger partial charge in [-0.1, -0.05) is 60.1 Å². The zero-order chi connectivity index (χ0) is 26.5. The van der Waals surface area contributed by atoms with E-state index in [1.54, 1.807) is 11.1 Å². The number of halogens is 2. The van der Waals surface area contributed by atoms with Gasteiger partial charge in [-0.25, -0.2) is 9.18 Å². The molecule has 2 heterocycles. The van der Waals surface area contributed by atoms with Crippen molar-refractivity contribution in [2.45, 2.75) is 6.54 Å². The van der Waals surface area contributed by atoms with E-state index in [2.05, 4.69) is 20.6 Å². The number of urea groups is 1. The van der Waals surface area contributed by atoms with Gasteiger partial charge in [0.05, 0.1) is 22.6 Å². The number of hydrogen-bond acceptors (Lipinski definition) is 5. The number of piperazine rings is 1. The molecular weight excluding hydrogens is 507 g/mol. The van der Waals surface area contributed by atoms with Gasteiger partial charge in [0.25, 0.3) is 5.56 Å². The smallest absolute Gasteiger partial charge is 0.321 e. The minimum Gasteiger partial charge on any atom is -0.375 e. The van der Waals surface area contributed by atoms with E-state index in [0.717, 1.165) is 5.56 Å². The van der Waals surface area contributed by atoms with Crippen molar-refractivity contribution in [3.63, 3.8) is 0 Å². The van der Waals surface area contributed by atoms with Crippen molar-refractivity contribution < 1.29 is 9.18 Å². The molecule has 2 N–H and O–H groups in total. The highest BCUT2D eigenvalue weighted by Gasteiger charge is 2.25. The topological polar surface area (TPSA) is 82.5 Å². The molecule has 0 radical (unpaired) electrons. The predicted octanol–water partition coefficient (Wildman–Crippen LogP) is 4.99. The molecule has 0 unspecified atom stereocenters.